The summed E-state index contributed by atoms with van der Waals surface area (Å²) in [7, 11) is 0. The number of benzene rings is 2. The Morgan fingerprint density at radius 2 is 1.78 bits per heavy atom. The van der Waals surface area contributed by atoms with Gasteiger partial charge in [-0.25, -0.2) is 9.18 Å². The minimum Gasteiger partial charge on any atom is -0.494 e. The number of rotatable bonds is 3. The number of halogens is 3. The van der Waals surface area contributed by atoms with E-state index in [4.69, 9.17) is 23.2 Å². The molecule has 1 fully saturated rings. The van der Waals surface area contributed by atoms with Crippen LogP contribution in [0.4, 0.5) is 9.18 Å². The molecular formula is C18H12Cl2FN3O3. The molecule has 0 radical (unpaired) electrons. The first-order chi connectivity index (χ1) is 12.8. The molecule has 1 saturated heterocycles. The van der Waals surface area contributed by atoms with Crippen molar-refractivity contribution in [1.82, 2.24) is 15.2 Å². The van der Waals surface area contributed by atoms with Gasteiger partial charge in [0.15, 0.2) is 11.4 Å². The van der Waals surface area contributed by atoms with Crippen LogP contribution in [0.15, 0.2) is 42.6 Å². The van der Waals surface area contributed by atoms with Crippen molar-refractivity contribution in [3.8, 4) is 5.88 Å². The van der Waals surface area contributed by atoms with Crippen LogP contribution in [0.1, 0.15) is 5.56 Å². The van der Waals surface area contributed by atoms with E-state index < -0.39 is 23.3 Å². The molecule has 3 amide bonds. The van der Waals surface area contributed by atoms with Crippen LogP contribution < -0.4 is 10.6 Å². The molecule has 0 saturated carbocycles. The first kappa shape index (κ1) is 17.6. The molecule has 1 aliphatic rings. The van der Waals surface area contributed by atoms with Gasteiger partial charge in [-0.05, 0) is 29.8 Å². The van der Waals surface area contributed by atoms with Gasteiger partial charge < -0.3 is 15.0 Å². The molecule has 3 N–H and O–H groups in total. The first-order valence-corrected chi connectivity index (χ1v) is 8.62. The van der Waals surface area contributed by atoms with Gasteiger partial charge in [0.05, 0.1) is 16.6 Å². The molecular weight excluding hydrogens is 396 g/mol. The lowest BCUT2D eigenvalue weighted by atomic mass is 9.89. The second-order valence-electron chi connectivity index (χ2n) is 6.25. The average molecular weight is 408 g/mol. The van der Waals surface area contributed by atoms with E-state index >= 15 is 0 Å². The Bertz CT molecular complexity index is 1100. The minimum absolute atomic E-state index is 0.119. The van der Waals surface area contributed by atoms with Crippen LogP contribution in [0.3, 0.4) is 0 Å². The van der Waals surface area contributed by atoms with Crippen molar-refractivity contribution in [2.24, 2.45) is 0 Å². The highest BCUT2D eigenvalue weighted by atomic mass is 35.5. The summed E-state index contributed by atoms with van der Waals surface area (Å²) in [5, 5.41) is 17.0. The number of carbonyl (C=O) groups excluding carboxylic acids is 2. The zero-order chi connectivity index (χ0) is 19.3. The first-order valence-electron chi connectivity index (χ1n) is 7.87. The SMILES string of the molecule is O=C1NC(=O)C(Cn2cc3cc(Cl)c(Cl)cc3c2O)(c2ccc(F)cc2)N1. The quantitative estimate of drug-likeness (QED) is 0.580. The van der Waals surface area contributed by atoms with Gasteiger partial charge in [-0.3, -0.25) is 10.1 Å². The summed E-state index contributed by atoms with van der Waals surface area (Å²) < 4.78 is 14.7. The third-order valence-electron chi connectivity index (χ3n) is 4.59. The standard InChI is InChI=1S/C18H12Cl2FN3O3/c19-13-5-9-7-24(15(25)12(9)6-14(13)20)8-18(16(26)22-17(27)23-18)10-1-3-11(21)4-2-10/h1-7,25H,8H2,(H2,22,23,26,27). The average Bonchev–Trinajstić information content (AvgIpc) is 3.06. The Balaban J connectivity index is 1.85. The van der Waals surface area contributed by atoms with E-state index in [1.165, 1.54) is 34.9 Å². The van der Waals surface area contributed by atoms with Crippen LogP contribution in [0.2, 0.25) is 10.0 Å². The topological polar surface area (TPSA) is 83.4 Å². The molecule has 2 aromatic carbocycles. The smallest absolute Gasteiger partial charge is 0.322 e. The van der Waals surface area contributed by atoms with E-state index in [9.17, 15) is 19.1 Å². The van der Waals surface area contributed by atoms with Crippen LogP contribution in [0.25, 0.3) is 10.8 Å². The monoisotopic (exact) mass is 407 g/mol. The third kappa shape index (κ3) is 2.79. The Morgan fingerprint density at radius 1 is 1.11 bits per heavy atom. The maximum Gasteiger partial charge on any atom is 0.322 e. The van der Waals surface area contributed by atoms with Gasteiger partial charge in [-0.1, -0.05) is 35.3 Å². The molecule has 6 nitrogen and oxygen atoms in total. The largest absolute Gasteiger partial charge is 0.494 e. The Morgan fingerprint density at radius 3 is 2.41 bits per heavy atom. The number of urea groups is 1. The van der Waals surface area contributed by atoms with Gasteiger partial charge in [0.1, 0.15) is 5.82 Å². The normalized spacial score (nSPS) is 19.4. The number of aromatic hydroxyl groups is 1. The number of hydrogen-bond donors (Lipinski definition) is 3. The Labute approximate surface area is 162 Å². The van der Waals surface area contributed by atoms with Crippen molar-refractivity contribution in [2.75, 3.05) is 0 Å². The maximum atomic E-state index is 13.3. The molecule has 4 rings (SSSR count). The molecule has 2 heterocycles. The van der Waals surface area contributed by atoms with E-state index in [2.05, 4.69) is 10.6 Å². The number of aromatic nitrogens is 1. The number of carbonyl (C=O) groups is 2. The van der Waals surface area contributed by atoms with Gasteiger partial charge in [0, 0.05) is 17.0 Å². The van der Waals surface area contributed by atoms with Gasteiger partial charge in [-0.2, -0.15) is 0 Å². The van der Waals surface area contributed by atoms with Gasteiger partial charge in [-0.15, -0.1) is 0 Å². The zero-order valence-corrected chi connectivity index (χ0v) is 15.1. The summed E-state index contributed by atoms with van der Waals surface area (Å²) in [4.78, 5) is 24.4. The summed E-state index contributed by atoms with van der Waals surface area (Å²) in [6.45, 7) is -0.119. The summed E-state index contributed by atoms with van der Waals surface area (Å²) >= 11 is 12.0. The van der Waals surface area contributed by atoms with Gasteiger partial charge >= 0.3 is 6.03 Å². The van der Waals surface area contributed by atoms with Gasteiger partial charge in [0.25, 0.3) is 5.91 Å². The lowest BCUT2D eigenvalue weighted by Crippen LogP contribution is -2.47. The molecule has 0 spiro atoms. The molecule has 1 unspecified atom stereocenters. The lowest BCUT2D eigenvalue weighted by molar-refractivity contribution is -0.124. The van der Waals surface area contributed by atoms with Crippen molar-refractivity contribution >= 4 is 45.9 Å². The van der Waals surface area contributed by atoms with E-state index in [1.807, 2.05) is 0 Å². The Hall–Kier alpha value is -2.77. The van der Waals surface area contributed by atoms with Crippen LogP contribution >= 0.6 is 23.2 Å². The predicted molar refractivity (Wildman–Crippen MR) is 98.4 cm³/mol. The van der Waals surface area contributed by atoms with Crippen LogP contribution in [-0.2, 0) is 16.9 Å². The van der Waals surface area contributed by atoms with Crippen LogP contribution in [0, 0.1) is 5.82 Å². The molecule has 1 aliphatic heterocycles. The van der Waals surface area contributed by atoms with Crippen LogP contribution in [0.5, 0.6) is 5.88 Å². The fourth-order valence-corrected chi connectivity index (χ4v) is 3.59. The highest BCUT2D eigenvalue weighted by Gasteiger charge is 2.48. The number of imide groups is 1. The van der Waals surface area contributed by atoms with E-state index in [-0.39, 0.29) is 17.4 Å². The maximum absolute atomic E-state index is 13.3. The third-order valence-corrected chi connectivity index (χ3v) is 5.31. The highest BCUT2D eigenvalue weighted by Crippen LogP contribution is 2.36. The van der Waals surface area contributed by atoms with E-state index in [0.29, 0.717) is 21.4 Å². The Kier molecular flexibility index (Phi) is 4.01. The molecule has 3 aromatic rings. The molecule has 9 heteroatoms. The fraction of sp³-hybridized carbons (Fsp3) is 0.111. The van der Waals surface area contributed by atoms with E-state index in [0.717, 1.165) is 0 Å². The van der Waals surface area contributed by atoms with Crippen molar-refractivity contribution in [3.63, 3.8) is 0 Å². The number of nitrogens with one attached hydrogen (secondary N) is 2. The number of nitrogens with zero attached hydrogens (tertiary/aromatic N) is 1. The molecule has 0 bridgehead atoms. The summed E-state index contributed by atoms with van der Waals surface area (Å²) in [5.74, 6) is -1.22. The molecule has 138 valence electrons. The number of amides is 3. The highest BCUT2D eigenvalue weighted by molar-refractivity contribution is 6.42. The summed E-state index contributed by atoms with van der Waals surface area (Å²) in [6.07, 6.45) is 1.59. The van der Waals surface area contributed by atoms with Crippen LogP contribution in [-0.4, -0.2) is 21.6 Å². The second-order valence-corrected chi connectivity index (χ2v) is 7.07. The van der Waals surface area contributed by atoms with Crippen molar-refractivity contribution in [2.45, 2.75) is 12.1 Å². The van der Waals surface area contributed by atoms with Crippen molar-refractivity contribution < 1.29 is 19.1 Å². The van der Waals surface area contributed by atoms with Crippen molar-refractivity contribution in [1.29, 1.82) is 0 Å². The summed E-state index contributed by atoms with van der Waals surface area (Å²) in [6, 6.07) is 7.65. The van der Waals surface area contributed by atoms with Crippen molar-refractivity contribution in [3.05, 3.63) is 64.0 Å². The summed E-state index contributed by atoms with van der Waals surface area (Å²) in [5.41, 5.74) is -1.13. The number of hydrogen-bond acceptors (Lipinski definition) is 3. The van der Waals surface area contributed by atoms with Gasteiger partial charge in [0.2, 0.25) is 0 Å². The van der Waals surface area contributed by atoms with E-state index in [1.54, 1.807) is 12.3 Å². The number of fused-ring (bicyclic) bond motifs is 1. The molecule has 0 aliphatic carbocycles. The predicted octanol–water partition coefficient (Wildman–Crippen LogP) is 3.53. The zero-order valence-electron chi connectivity index (χ0n) is 13.6. The minimum atomic E-state index is -1.51. The molecule has 1 atom stereocenters. The lowest BCUT2D eigenvalue weighted by Gasteiger charge is -2.27. The second kappa shape index (κ2) is 6.14. The molecule has 1 aromatic heterocycles. The fourth-order valence-electron chi connectivity index (χ4n) is 3.25. The molecule has 27 heavy (non-hydrogen) atoms.